The Morgan fingerprint density at radius 2 is 2.36 bits per heavy atom. The molecule has 0 spiro atoms. The summed E-state index contributed by atoms with van der Waals surface area (Å²) in [6.45, 7) is 1.85. The molecule has 14 heavy (non-hydrogen) atoms. The lowest BCUT2D eigenvalue weighted by molar-refractivity contribution is -0.133. The number of esters is 1. The van der Waals surface area contributed by atoms with Gasteiger partial charge in [0.05, 0.1) is 12.8 Å². The van der Waals surface area contributed by atoms with E-state index in [0.29, 0.717) is 11.4 Å². The summed E-state index contributed by atoms with van der Waals surface area (Å²) in [6.07, 6.45) is 1.59. The number of carbonyl (C=O) groups is 1. The number of nitrogen functional groups attached to an aromatic ring is 1. The molecule has 0 aromatic carbocycles. The average molecular weight is 190 g/mol. The second kappa shape index (κ2) is 4.28. The standard InChI is InChI=1S/C10H10N2O2/c1-7-5-6-12-8(10(7)11)3-4-9(13)14-2/h5-6H,11H2,1-2H3. The number of pyridine rings is 1. The number of ether oxygens (including phenoxy) is 1. The van der Waals surface area contributed by atoms with E-state index < -0.39 is 5.97 Å². The maximum atomic E-state index is 10.7. The molecule has 2 N–H and O–H groups in total. The van der Waals surface area contributed by atoms with Gasteiger partial charge in [-0.1, -0.05) is 0 Å². The smallest absolute Gasteiger partial charge is 0.384 e. The highest BCUT2D eigenvalue weighted by atomic mass is 16.5. The van der Waals surface area contributed by atoms with Crippen LogP contribution in [0.2, 0.25) is 0 Å². The number of nitrogens with two attached hydrogens (primary N) is 1. The Kier molecular flexibility index (Phi) is 3.08. The van der Waals surface area contributed by atoms with Crippen molar-refractivity contribution in [3.8, 4) is 11.8 Å². The van der Waals surface area contributed by atoms with Crippen molar-refractivity contribution < 1.29 is 9.53 Å². The molecule has 0 atom stereocenters. The predicted octanol–water partition coefficient (Wildman–Crippen LogP) is 0.497. The Hall–Kier alpha value is -2.02. The number of aryl methyl sites for hydroxylation is 1. The lowest BCUT2D eigenvalue weighted by Crippen LogP contribution is -1.98. The van der Waals surface area contributed by atoms with Gasteiger partial charge in [0.1, 0.15) is 5.69 Å². The van der Waals surface area contributed by atoms with Crippen molar-refractivity contribution in [3.05, 3.63) is 23.5 Å². The minimum Gasteiger partial charge on any atom is -0.459 e. The van der Waals surface area contributed by atoms with Gasteiger partial charge in [-0.2, -0.15) is 0 Å². The highest BCUT2D eigenvalue weighted by Crippen LogP contribution is 2.11. The van der Waals surface area contributed by atoms with E-state index >= 15 is 0 Å². The van der Waals surface area contributed by atoms with E-state index in [1.54, 1.807) is 12.3 Å². The highest BCUT2D eigenvalue weighted by molar-refractivity contribution is 5.89. The van der Waals surface area contributed by atoms with Crippen LogP contribution < -0.4 is 5.73 Å². The lowest BCUT2D eigenvalue weighted by atomic mass is 10.2. The van der Waals surface area contributed by atoms with Gasteiger partial charge in [0, 0.05) is 12.1 Å². The number of nitrogens with zero attached hydrogens (tertiary/aromatic N) is 1. The molecule has 1 aromatic rings. The fraction of sp³-hybridized carbons (Fsp3) is 0.200. The third kappa shape index (κ3) is 2.23. The van der Waals surface area contributed by atoms with Gasteiger partial charge >= 0.3 is 5.97 Å². The van der Waals surface area contributed by atoms with Gasteiger partial charge in [-0.25, -0.2) is 9.78 Å². The van der Waals surface area contributed by atoms with Crippen LogP contribution in [-0.2, 0) is 9.53 Å². The van der Waals surface area contributed by atoms with E-state index in [0.717, 1.165) is 5.56 Å². The summed E-state index contributed by atoms with van der Waals surface area (Å²) in [6, 6.07) is 1.78. The molecular weight excluding hydrogens is 180 g/mol. The van der Waals surface area contributed by atoms with Crippen molar-refractivity contribution in [1.29, 1.82) is 0 Å². The maximum Gasteiger partial charge on any atom is 0.384 e. The molecular formula is C10H10N2O2. The number of methoxy groups -OCH3 is 1. The minimum absolute atomic E-state index is 0.399. The van der Waals surface area contributed by atoms with Gasteiger partial charge in [0.2, 0.25) is 0 Å². The Labute approximate surface area is 82.1 Å². The van der Waals surface area contributed by atoms with Crippen LogP contribution in [0, 0.1) is 18.8 Å². The lowest BCUT2D eigenvalue weighted by Gasteiger charge is -1.99. The Morgan fingerprint density at radius 3 is 3.00 bits per heavy atom. The Morgan fingerprint density at radius 1 is 1.64 bits per heavy atom. The number of carbonyl (C=O) groups excluding carboxylic acids is 1. The third-order valence-electron chi connectivity index (χ3n) is 1.68. The van der Waals surface area contributed by atoms with Crippen LogP contribution in [-0.4, -0.2) is 18.1 Å². The number of hydrogen-bond acceptors (Lipinski definition) is 4. The molecule has 1 rings (SSSR count). The number of hydrogen-bond donors (Lipinski definition) is 1. The summed E-state index contributed by atoms with van der Waals surface area (Å²) in [5.74, 6) is 4.20. The van der Waals surface area contributed by atoms with Crippen LogP contribution >= 0.6 is 0 Å². The van der Waals surface area contributed by atoms with E-state index in [-0.39, 0.29) is 0 Å². The van der Waals surface area contributed by atoms with E-state index in [1.165, 1.54) is 7.11 Å². The van der Waals surface area contributed by atoms with Gasteiger partial charge in [-0.05, 0) is 24.5 Å². The molecule has 0 fully saturated rings. The predicted molar refractivity (Wildman–Crippen MR) is 52.3 cm³/mol. The number of rotatable bonds is 0. The number of anilines is 1. The van der Waals surface area contributed by atoms with Crippen LogP contribution in [0.3, 0.4) is 0 Å². The first-order valence-electron chi connectivity index (χ1n) is 3.96. The number of aromatic nitrogens is 1. The van der Waals surface area contributed by atoms with Crippen LogP contribution in [0.4, 0.5) is 5.69 Å². The molecule has 1 heterocycles. The van der Waals surface area contributed by atoms with Crippen LogP contribution in [0.25, 0.3) is 0 Å². The van der Waals surface area contributed by atoms with Crippen LogP contribution in [0.5, 0.6) is 0 Å². The summed E-state index contributed by atoms with van der Waals surface area (Å²) in [5, 5.41) is 0. The second-order valence-electron chi connectivity index (χ2n) is 2.63. The molecule has 1 aromatic heterocycles. The van der Waals surface area contributed by atoms with Crippen molar-refractivity contribution in [2.24, 2.45) is 0 Å². The van der Waals surface area contributed by atoms with E-state index in [9.17, 15) is 4.79 Å². The van der Waals surface area contributed by atoms with Crippen LogP contribution in [0.15, 0.2) is 12.3 Å². The largest absolute Gasteiger partial charge is 0.459 e. The molecule has 0 aliphatic carbocycles. The molecule has 0 amide bonds. The Balaban J connectivity index is 3.01. The molecule has 0 unspecified atom stereocenters. The zero-order valence-corrected chi connectivity index (χ0v) is 8.00. The molecule has 4 heteroatoms. The first-order valence-corrected chi connectivity index (χ1v) is 3.96. The van der Waals surface area contributed by atoms with Crippen molar-refractivity contribution in [2.45, 2.75) is 6.92 Å². The molecule has 0 saturated heterocycles. The van der Waals surface area contributed by atoms with Crippen molar-refractivity contribution >= 4 is 11.7 Å². The normalized spacial score (nSPS) is 8.71. The van der Waals surface area contributed by atoms with Crippen molar-refractivity contribution in [3.63, 3.8) is 0 Å². The van der Waals surface area contributed by atoms with Gasteiger partial charge in [-0.3, -0.25) is 0 Å². The SMILES string of the molecule is COC(=O)C#Cc1nccc(C)c1N. The maximum absolute atomic E-state index is 10.7. The molecule has 0 saturated carbocycles. The van der Waals surface area contributed by atoms with Gasteiger partial charge in [-0.15, -0.1) is 0 Å². The molecule has 72 valence electrons. The minimum atomic E-state index is -0.604. The zero-order chi connectivity index (χ0) is 10.6. The monoisotopic (exact) mass is 190 g/mol. The zero-order valence-electron chi connectivity index (χ0n) is 8.00. The molecule has 0 radical (unpaired) electrons. The first kappa shape index (κ1) is 10.1. The molecule has 0 aliphatic heterocycles. The van der Waals surface area contributed by atoms with E-state index in [4.69, 9.17) is 5.73 Å². The topological polar surface area (TPSA) is 65.2 Å². The van der Waals surface area contributed by atoms with Crippen LogP contribution in [0.1, 0.15) is 11.3 Å². The van der Waals surface area contributed by atoms with Gasteiger partial charge < -0.3 is 10.5 Å². The van der Waals surface area contributed by atoms with E-state index in [1.807, 2.05) is 6.92 Å². The summed E-state index contributed by atoms with van der Waals surface area (Å²) in [5.41, 5.74) is 7.46. The summed E-state index contributed by atoms with van der Waals surface area (Å²) < 4.78 is 4.36. The first-order chi connectivity index (χ1) is 6.65. The van der Waals surface area contributed by atoms with E-state index in [2.05, 4.69) is 21.6 Å². The fourth-order valence-corrected chi connectivity index (χ4v) is 0.831. The highest BCUT2D eigenvalue weighted by Gasteiger charge is 1.99. The molecule has 0 aliphatic rings. The quantitative estimate of drug-likeness (QED) is 0.478. The summed E-state index contributed by atoms with van der Waals surface area (Å²) >= 11 is 0. The summed E-state index contributed by atoms with van der Waals surface area (Å²) in [7, 11) is 1.27. The average Bonchev–Trinajstić information content (AvgIpc) is 2.20. The van der Waals surface area contributed by atoms with Gasteiger partial charge in [0.25, 0.3) is 0 Å². The summed E-state index contributed by atoms with van der Waals surface area (Å²) in [4.78, 5) is 14.7. The van der Waals surface area contributed by atoms with Crippen molar-refractivity contribution in [1.82, 2.24) is 4.98 Å². The second-order valence-corrected chi connectivity index (χ2v) is 2.63. The van der Waals surface area contributed by atoms with Crippen molar-refractivity contribution in [2.75, 3.05) is 12.8 Å². The molecule has 0 bridgehead atoms. The third-order valence-corrected chi connectivity index (χ3v) is 1.68. The van der Waals surface area contributed by atoms with Gasteiger partial charge in [0.15, 0.2) is 0 Å². The Bertz CT molecular complexity index is 416. The fourth-order valence-electron chi connectivity index (χ4n) is 0.831. The molecule has 4 nitrogen and oxygen atoms in total.